The summed E-state index contributed by atoms with van der Waals surface area (Å²) in [6.45, 7) is 4.92. The molecule has 0 bridgehead atoms. The first kappa shape index (κ1) is 23.8. The Balaban J connectivity index is 1.46. The Morgan fingerprint density at radius 1 is 0.886 bits per heavy atom. The summed E-state index contributed by atoms with van der Waals surface area (Å²) in [6.07, 6.45) is 1.57. The Bertz CT molecular complexity index is 1360. The van der Waals surface area contributed by atoms with Gasteiger partial charge in [-0.05, 0) is 66.1 Å². The molecule has 0 atom stereocenters. The summed E-state index contributed by atoms with van der Waals surface area (Å²) in [6, 6.07) is 25.2. The van der Waals surface area contributed by atoms with Crippen LogP contribution in [0.15, 0.2) is 84.0 Å². The van der Waals surface area contributed by atoms with Gasteiger partial charge in [0.15, 0.2) is 11.5 Å². The van der Waals surface area contributed by atoms with Crippen molar-refractivity contribution in [1.82, 2.24) is 5.43 Å². The maximum Gasteiger partial charge on any atom is 0.275 e. The van der Waals surface area contributed by atoms with Gasteiger partial charge in [-0.15, -0.1) is 0 Å². The summed E-state index contributed by atoms with van der Waals surface area (Å²) >= 11 is 0. The lowest BCUT2D eigenvalue weighted by Crippen LogP contribution is -2.18. The molecule has 0 spiro atoms. The number of hydrazone groups is 1. The molecule has 4 aromatic carbocycles. The number of fused-ring (bicyclic) bond motifs is 1. The van der Waals surface area contributed by atoms with Gasteiger partial charge in [-0.2, -0.15) is 5.10 Å². The molecule has 6 heteroatoms. The van der Waals surface area contributed by atoms with Crippen LogP contribution < -0.4 is 19.6 Å². The zero-order valence-electron chi connectivity index (χ0n) is 20.1. The molecular weight excluding hydrogens is 440 g/mol. The maximum absolute atomic E-state index is 12.8. The summed E-state index contributed by atoms with van der Waals surface area (Å²) in [5.41, 5.74) is 6.04. The number of amides is 1. The van der Waals surface area contributed by atoms with Crippen molar-refractivity contribution >= 4 is 22.9 Å². The lowest BCUT2D eigenvalue weighted by molar-refractivity contribution is 0.0952. The van der Waals surface area contributed by atoms with E-state index in [1.54, 1.807) is 19.4 Å². The average Bonchev–Trinajstić information content (AvgIpc) is 2.87. The molecule has 6 nitrogen and oxygen atoms in total. The molecule has 1 N–H and O–H groups in total. The Morgan fingerprint density at radius 2 is 1.69 bits per heavy atom. The van der Waals surface area contributed by atoms with Crippen LogP contribution in [0.25, 0.3) is 10.8 Å². The highest BCUT2D eigenvalue weighted by molar-refractivity contribution is 6.02. The van der Waals surface area contributed by atoms with Crippen LogP contribution in [0, 0.1) is 6.92 Å². The number of carbonyl (C=O) groups excluding carboxylic acids is 1. The third-order valence-electron chi connectivity index (χ3n) is 5.44. The van der Waals surface area contributed by atoms with E-state index in [4.69, 9.17) is 14.2 Å². The standard InChI is InChI=1S/C29H28N2O4/c1-4-34-28-15-21(12-13-26(28)35-19-22-9-7-8-20(2)14-22)18-30-31-29(32)25-16-23-10-5-6-11-24(23)17-27(25)33-3/h5-18H,4,19H2,1-3H3,(H,31,32)/b30-18-. The van der Waals surface area contributed by atoms with E-state index in [9.17, 15) is 4.79 Å². The van der Waals surface area contributed by atoms with Crippen LogP contribution in [0.4, 0.5) is 0 Å². The molecule has 0 aromatic heterocycles. The topological polar surface area (TPSA) is 69.2 Å². The number of hydrogen-bond donors (Lipinski definition) is 1. The van der Waals surface area contributed by atoms with Crippen LogP contribution in [-0.4, -0.2) is 25.8 Å². The number of ether oxygens (including phenoxy) is 3. The van der Waals surface area contributed by atoms with Crippen LogP contribution in [0.5, 0.6) is 17.2 Å². The molecule has 0 aliphatic carbocycles. The number of aryl methyl sites for hydroxylation is 1. The molecule has 0 radical (unpaired) electrons. The van der Waals surface area contributed by atoms with Crippen molar-refractivity contribution < 1.29 is 19.0 Å². The molecule has 0 fully saturated rings. The number of benzene rings is 4. The van der Waals surface area contributed by atoms with E-state index in [1.165, 1.54) is 5.56 Å². The molecule has 178 valence electrons. The lowest BCUT2D eigenvalue weighted by atomic mass is 10.1. The fourth-order valence-electron chi connectivity index (χ4n) is 3.75. The van der Waals surface area contributed by atoms with Gasteiger partial charge in [0.25, 0.3) is 5.91 Å². The van der Waals surface area contributed by atoms with Crippen LogP contribution in [-0.2, 0) is 6.61 Å². The normalized spacial score (nSPS) is 10.9. The van der Waals surface area contributed by atoms with E-state index in [0.29, 0.717) is 36.0 Å². The summed E-state index contributed by atoms with van der Waals surface area (Å²) in [7, 11) is 1.54. The van der Waals surface area contributed by atoms with Gasteiger partial charge in [0.2, 0.25) is 0 Å². The second kappa shape index (κ2) is 11.2. The summed E-state index contributed by atoms with van der Waals surface area (Å²) in [5.74, 6) is 1.40. The van der Waals surface area contributed by atoms with E-state index in [1.807, 2.05) is 67.6 Å². The quantitative estimate of drug-likeness (QED) is 0.245. The SMILES string of the molecule is CCOc1cc(/C=N\NC(=O)c2cc3ccccc3cc2OC)ccc1OCc1cccc(C)c1. The smallest absolute Gasteiger partial charge is 0.275 e. The number of methoxy groups -OCH3 is 1. The van der Waals surface area contributed by atoms with Crippen molar-refractivity contribution in [3.05, 3.63) is 101 Å². The number of hydrogen-bond acceptors (Lipinski definition) is 5. The third-order valence-corrected chi connectivity index (χ3v) is 5.44. The Kier molecular flexibility index (Phi) is 7.63. The molecule has 0 unspecified atom stereocenters. The van der Waals surface area contributed by atoms with Crippen molar-refractivity contribution in [1.29, 1.82) is 0 Å². The van der Waals surface area contributed by atoms with Gasteiger partial charge in [-0.3, -0.25) is 4.79 Å². The first-order valence-corrected chi connectivity index (χ1v) is 11.4. The van der Waals surface area contributed by atoms with Crippen molar-refractivity contribution in [3.63, 3.8) is 0 Å². The van der Waals surface area contributed by atoms with Crippen LogP contribution in [0.2, 0.25) is 0 Å². The maximum atomic E-state index is 12.8. The predicted molar refractivity (Wildman–Crippen MR) is 139 cm³/mol. The zero-order valence-corrected chi connectivity index (χ0v) is 20.1. The fourth-order valence-corrected chi connectivity index (χ4v) is 3.75. The van der Waals surface area contributed by atoms with Crippen molar-refractivity contribution in [2.24, 2.45) is 5.10 Å². The Hall–Kier alpha value is -4.32. The van der Waals surface area contributed by atoms with E-state index >= 15 is 0 Å². The Labute approximate surface area is 205 Å². The fraction of sp³-hybridized carbons (Fsp3) is 0.172. The lowest BCUT2D eigenvalue weighted by Gasteiger charge is -2.13. The van der Waals surface area contributed by atoms with Gasteiger partial charge < -0.3 is 14.2 Å². The van der Waals surface area contributed by atoms with Crippen LogP contribution >= 0.6 is 0 Å². The first-order chi connectivity index (χ1) is 17.1. The molecule has 1 amide bonds. The molecule has 35 heavy (non-hydrogen) atoms. The van der Waals surface area contributed by atoms with Gasteiger partial charge >= 0.3 is 0 Å². The first-order valence-electron chi connectivity index (χ1n) is 11.4. The predicted octanol–water partition coefficient (Wildman–Crippen LogP) is 5.90. The molecule has 0 saturated carbocycles. The van der Waals surface area contributed by atoms with E-state index in [2.05, 4.69) is 29.6 Å². The minimum absolute atomic E-state index is 0.355. The second-order valence-electron chi connectivity index (χ2n) is 8.02. The number of carbonyl (C=O) groups is 1. The van der Waals surface area contributed by atoms with Crippen molar-refractivity contribution in [2.75, 3.05) is 13.7 Å². The highest BCUT2D eigenvalue weighted by atomic mass is 16.5. The van der Waals surface area contributed by atoms with Crippen molar-refractivity contribution in [3.8, 4) is 17.2 Å². The van der Waals surface area contributed by atoms with E-state index < -0.39 is 0 Å². The number of nitrogens with zero attached hydrogens (tertiary/aromatic N) is 1. The van der Waals surface area contributed by atoms with Gasteiger partial charge in [-0.25, -0.2) is 5.43 Å². The second-order valence-corrected chi connectivity index (χ2v) is 8.02. The summed E-state index contributed by atoms with van der Waals surface area (Å²) in [4.78, 5) is 12.8. The summed E-state index contributed by atoms with van der Waals surface area (Å²) in [5, 5.41) is 6.08. The Morgan fingerprint density at radius 3 is 2.43 bits per heavy atom. The average molecular weight is 469 g/mol. The van der Waals surface area contributed by atoms with Gasteiger partial charge in [-0.1, -0.05) is 54.1 Å². The van der Waals surface area contributed by atoms with Gasteiger partial charge in [0.05, 0.1) is 25.5 Å². The molecular formula is C29H28N2O4. The van der Waals surface area contributed by atoms with Crippen LogP contribution in [0.1, 0.15) is 34.0 Å². The molecule has 0 aliphatic rings. The molecule has 4 rings (SSSR count). The highest BCUT2D eigenvalue weighted by Gasteiger charge is 2.13. The van der Waals surface area contributed by atoms with Crippen molar-refractivity contribution in [2.45, 2.75) is 20.5 Å². The van der Waals surface area contributed by atoms with Gasteiger partial charge in [0, 0.05) is 0 Å². The number of rotatable bonds is 9. The third kappa shape index (κ3) is 5.98. The highest BCUT2D eigenvalue weighted by Crippen LogP contribution is 2.29. The molecule has 4 aromatic rings. The molecule has 0 saturated heterocycles. The minimum Gasteiger partial charge on any atom is -0.496 e. The summed E-state index contributed by atoms with van der Waals surface area (Å²) < 4.78 is 17.2. The van der Waals surface area contributed by atoms with Gasteiger partial charge in [0.1, 0.15) is 12.4 Å². The van der Waals surface area contributed by atoms with E-state index in [0.717, 1.165) is 21.9 Å². The monoisotopic (exact) mass is 468 g/mol. The molecule has 0 heterocycles. The zero-order chi connectivity index (χ0) is 24.6. The largest absolute Gasteiger partial charge is 0.496 e. The molecule has 0 aliphatic heterocycles. The van der Waals surface area contributed by atoms with Crippen LogP contribution in [0.3, 0.4) is 0 Å². The van der Waals surface area contributed by atoms with E-state index in [-0.39, 0.29) is 5.91 Å². The number of nitrogens with one attached hydrogen (secondary N) is 1. The minimum atomic E-state index is -0.355.